The molecule has 5 aromatic heterocycles. The number of aromatic nitrogens is 6. The van der Waals surface area contributed by atoms with E-state index in [9.17, 15) is 0 Å². The first-order chi connectivity index (χ1) is 22.3. The Morgan fingerprint density at radius 2 is 1.18 bits per heavy atom. The fourth-order valence-electron chi connectivity index (χ4n) is 6.51. The highest BCUT2D eigenvalue weighted by Gasteiger charge is 2.26. The molecule has 0 radical (unpaired) electrons. The van der Waals surface area contributed by atoms with E-state index in [2.05, 4.69) is 58.1 Å². The highest BCUT2D eigenvalue weighted by molar-refractivity contribution is 7.29. The molecule has 8 heteroatoms. The van der Waals surface area contributed by atoms with Crippen LogP contribution in [0.15, 0.2) is 122 Å². The van der Waals surface area contributed by atoms with Crippen LogP contribution in [0.1, 0.15) is 0 Å². The van der Waals surface area contributed by atoms with Crippen molar-refractivity contribution in [3.8, 4) is 28.7 Å². The molecular formula is C37H20N6S2. The molecule has 0 spiro atoms. The van der Waals surface area contributed by atoms with Gasteiger partial charge in [-0.3, -0.25) is 4.57 Å². The van der Waals surface area contributed by atoms with Crippen LogP contribution in [0.5, 0.6) is 0 Å². The second-order valence-corrected chi connectivity index (χ2v) is 13.0. The minimum Gasteiger partial charge on any atom is -0.276 e. The van der Waals surface area contributed by atoms with Crippen LogP contribution < -0.4 is 0 Å². The van der Waals surface area contributed by atoms with Gasteiger partial charge in [-0.2, -0.15) is 9.97 Å². The molecule has 10 aromatic rings. The summed E-state index contributed by atoms with van der Waals surface area (Å²) in [5, 5.41) is 6.02. The molecule has 5 aromatic carbocycles. The van der Waals surface area contributed by atoms with Gasteiger partial charge in [0.2, 0.25) is 5.95 Å². The van der Waals surface area contributed by atoms with Gasteiger partial charge in [-0.05, 0) is 12.1 Å². The highest BCUT2D eigenvalue weighted by atomic mass is 32.1. The van der Waals surface area contributed by atoms with Crippen LogP contribution in [0.25, 0.3) is 91.0 Å². The molecule has 0 amide bonds. The molecule has 0 bridgehead atoms. The third-order valence-corrected chi connectivity index (χ3v) is 10.7. The van der Waals surface area contributed by atoms with E-state index in [-0.39, 0.29) is 0 Å². The number of nitrogens with zero attached hydrogens (tertiary/aromatic N) is 6. The van der Waals surface area contributed by atoms with Crippen molar-refractivity contribution in [1.82, 2.24) is 29.5 Å². The fraction of sp³-hybridized carbons (Fsp3) is 0. The van der Waals surface area contributed by atoms with E-state index in [1.54, 1.807) is 17.7 Å². The van der Waals surface area contributed by atoms with Gasteiger partial charge in [0.1, 0.15) is 6.33 Å². The molecular weight excluding hydrogens is 593 g/mol. The monoisotopic (exact) mass is 612 g/mol. The number of fused-ring (bicyclic) bond motifs is 12. The highest BCUT2D eigenvalue weighted by Crippen LogP contribution is 2.51. The van der Waals surface area contributed by atoms with Gasteiger partial charge in [0.05, 0.1) is 25.9 Å². The number of hydrogen-bond acceptors (Lipinski definition) is 7. The van der Waals surface area contributed by atoms with Crippen molar-refractivity contribution in [2.45, 2.75) is 0 Å². The van der Waals surface area contributed by atoms with Crippen LogP contribution in [0, 0.1) is 0 Å². The molecule has 0 saturated carbocycles. The van der Waals surface area contributed by atoms with Crippen LogP contribution in [0.2, 0.25) is 0 Å². The fourth-order valence-corrected chi connectivity index (χ4v) is 8.95. The zero-order valence-corrected chi connectivity index (χ0v) is 25.2. The number of benzene rings is 5. The van der Waals surface area contributed by atoms with Crippen LogP contribution >= 0.6 is 22.7 Å². The smallest absolute Gasteiger partial charge is 0.238 e. The second kappa shape index (κ2) is 9.46. The largest absolute Gasteiger partial charge is 0.276 e. The van der Waals surface area contributed by atoms with Crippen molar-refractivity contribution in [2.24, 2.45) is 0 Å². The SMILES string of the molecule is c1ccc(-c2nc(-c3ccccc3)nc(-n3c4ccccc4c4c5sc6ccccc6c5c5c6ncncc6sc5c43)n2)cc1. The molecule has 0 aliphatic heterocycles. The Morgan fingerprint density at radius 3 is 1.93 bits per heavy atom. The van der Waals surface area contributed by atoms with E-state index in [4.69, 9.17) is 19.9 Å². The Labute approximate surface area is 263 Å². The molecule has 0 N–H and O–H groups in total. The van der Waals surface area contributed by atoms with Crippen molar-refractivity contribution in [2.75, 3.05) is 0 Å². The van der Waals surface area contributed by atoms with Gasteiger partial charge in [0.25, 0.3) is 0 Å². The van der Waals surface area contributed by atoms with Gasteiger partial charge in [-0.25, -0.2) is 15.0 Å². The first-order valence-electron chi connectivity index (χ1n) is 14.6. The summed E-state index contributed by atoms with van der Waals surface area (Å²) >= 11 is 3.57. The van der Waals surface area contributed by atoms with Gasteiger partial charge < -0.3 is 0 Å². The Kier molecular flexibility index (Phi) is 5.22. The number of hydrogen-bond donors (Lipinski definition) is 0. The predicted octanol–water partition coefficient (Wildman–Crippen LogP) is 9.83. The summed E-state index contributed by atoms with van der Waals surface area (Å²) in [5.41, 5.74) is 4.98. The van der Waals surface area contributed by atoms with E-state index in [0.29, 0.717) is 17.6 Å². The standard InChI is InChI=1S/C37H20N6S2/c1-3-11-21(12-4-1)35-40-36(22-13-5-2-6-14-22)42-37(41-35)43-25-17-9-7-15-23(25)29-32(43)34-30(31-27(45-34)19-38-20-39-31)28-24-16-8-10-18-26(24)44-33(28)29/h1-20H. The molecule has 5 heterocycles. The third kappa shape index (κ3) is 3.58. The second-order valence-electron chi connectivity index (χ2n) is 10.9. The van der Waals surface area contributed by atoms with Crippen molar-refractivity contribution >= 4 is 85.0 Å². The number of para-hydroxylation sites is 1. The molecule has 210 valence electrons. The molecule has 0 fully saturated rings. The molecule has 10 rings (SSSR count). The van der Waals surface area contributed by atoms with Gasteiger partial charge in [-0.15, -0.1) is 22.7 Å². The first-order valence-corrected chi connectivity index (χ1v) is 16.2. The molecule has 0 aliphatic rings. The molecule has 0 unspecified atom stereocenters. The maximum atomic E-state index is 5.18. The topological polar surface area (TPSA) is 69.4 Å². The Balaban J connectivity index is 1.44. The van der Waals surface area contributed by atoms with Crippen molar-refractivity contribution < 1.29 is 0 Å². The summed E-state index contributed by atoms with van der Waals surface area (Å²) in [4.78, 5) is 24.5. The van der Waals surface area contributed by atoms with Crippen molar-refractivity contribution in [1.29, 1.82) is 0 Å². The van der Waals surface area contributed by atoms with Gasteiger partial charge in [0, 0.05) is 53.7 Å². The Morgan fingerprint density at radius 1 is 0.533 bits per heavy atom. The summed E-state index contributed by atoms with van der Waals surface area (Å²) in [6, 6.07) is 37.5. The number of rotatable bonds is 3. The Bertz CT molecular complexity index is 2700. The summed E-state index contributed by atoms with van der Waals surface area (Å²) < 4.78 is 6.94. The lowest BCUT2D eigenvalue weighted by molar-refractivity contribution is 0.955. The molecule has 0 atom stereocenters. The summed E-state index contributed by atoms with van der Waals surface area (Å²) in [6.45, 7) is 0. The quantitative estimate of drug-likeness (QED) is 0.199. The van der Waals surface area contributed by atoms with E-state index >= 15 is 0 Å². The zero-order chi connectivity index (χ0) is 29.5. The average Bonchev–Trinajstić information content (AvgIpc) is 3.78. The minimum absolute atomic E-state index is 0.583. The molecule has 45 heavy (non-hydrogen) atoms. The first kappa shape index (κ1) is 24.8. The molecule has 0 aliphatic carbocycles. The lowest BCUT2D eigenvalue weighted by atomic mass is 10.0. The lowest BCUT2D eigenvalue weighted by Gasteiger charge is -2.11. The van der Waals surface area contributed by atoms with Crippen molar-refractivity contribution in [3.05, 3.63) is 122 Å². The van der Waals surface area contributed by atoms with E-state index in [0.717, 1.165) is 47.8 Å². The minimum atomic E-state index is 0.583. The van der Waals surface area contributed by atoms with Crippen LogP contribution in [-0.2, 0) is 0 Å². The maximum absolute atomic E-state index is 5.18. The Hall–Kier alpha value is -5.57. The predicted molar refractivity (Wildman–Crippen MR) is 186 cm³/mol. The van der Waals surface area contributed by atoms with Crippen LogP contribution in [0.3, 0.4) is 0 Å². The van der Waals surface area contributed by atoms with Crippen LogP contribution in [-0.4, -0.2) is 29.5 Å². The summed E-state index contributed by atoms with van der Waals surface area (Å²) in [7, 11) is 0. The van der Waals surface area contributed by atoms with Crippen molar-refractivity contribution in [3.63, 3.8) is 0 Å². The summed E-state index contributed by atoms with van der Waals surface area (Å²) in [5.74, 6) is 1.85. The normalized spacial score (nSPS) is 12.0. The number of thiophene rings is 2. The summed E-state index contributed by atoms with van der Waals surface area (Å²) in [6.07, 6.45) is 3.58. The van der Waals surface area contributed by atoms with Crippen LogP contribution in [0.4, 0.5) is 0 Å². The lowest BCUT2D eigenvalue weighted by Crippen LogP contribution is -2.06. The van der Waals surface area contributed by atoms with E-state index < -0.39 is 0 Å². The average molecular weight is 613 g/mol. The van der Waals surface area contributed by atoms with Gasteiger partial charge in [-0.1, -0.05) is 97.1 Å². The van der Waals surface area contributed by atoms with E-state index in [1.807, 2.05) is 78.2 Å². The van der Waals surface area contributed by atoms with E-state index in [1.165, 1.54) is 25.6 Å². The molecule has 0 saturated heterocycles. The third-order valence-electron chi connectivity index (χ3n) is 8.40. The maximum Gasteiger partial charge on any atom is 0.238 e. The van der Waals surface area contributed by atoms with Gasteiger partial charge in [0.15, 0.2) is 11.6 Å². The zero-order valence-electron chi connectivity index (χ0n) is 23.5. The molecule has 6 nitrogen and oxygen atoms in total. The van der Waals surface area contributed by atoms with Gasteiger partial charge >= 0.3 is 0 Å².